The van der Waals surface area contributed by atoms with Crippen molar-refractivity contribution in [1.29, 1.82) is 0 Å². The molecule has 0 unspecified atom stereocenters. The molecular weight excluding hydrogens is 292 g/mol. The van der Waals surface area contributed by atoms with Gasteiger partial charge in [-0.3, -0.25) is 14.9 Å². The fraction of sp³-hybridized carbons (Fsp3) is 0.471. The summed E-state index contributed by atoms with van der Waals surface area (Å²) >= 11 is 0. The van der Waals surface area contributed by atoms with Gasteiger partial charge in [0.15, 0.2) is 5.69 Å². The first-order chi connectivity index (χ1) is 11.0. The second kappa shape index (κ2) is 6.12. The predicted octanol–water partition coefficient (Wildman–Crippen LogP) is 2.37. The van der Waals surface area contributed by atoms with Gasteiger partial charge in [-0.2, -0.15) is 5.10 Å². The maximum Gasteiger partial charge on any atom is 0.272 e. The Morgan fingerprint density at radius 1 is 1.39 bits per heavy atom. The SMILES string of the molecule is Cc1ccc(CNC(=O)c2n[nH]c3c2C[C@@H](C)O[C@H]3C)nc1C. The van der Waals surface area contributed by atoms with E-state index in [0.29, 0.717) is 18.7 Å². The molecule has 1 amide bonds. The summed E-state index contributed by atoms with van der Waals surface area (Å²) < 4.78 is 5.75. The molecule has 2 aromatic rings. The Balaban J connectivity index is 1.73. The molecule has 1 aliphatic heterocycles. The summed E-state index contributed by atoms with van der Waals surface area (Å²) in [7, 11) is 0. The number of fused-ring (bicyclic) bond motifs is 1. The number of nitrogens with zero attached hydrogens (tertiary/aromatic N) is 2. The van der Waals surface area contributed by atoms with Crippen LogP contribution in [0, 0.1) is 13.8 Å². The number of H-pyrrole nitrogens is 1. The van der Waals surface area contributed by atoms with Crippen LogP contribution in [0.3, 0.4) is 0 Å². The standard InChI is InChI=1S/C17H22N4O2/c1-9-5-6-13(19-11(9)3)8-18-17(22)16-14-7-10(2)23-12(4)15(14)20-21-16/h5-6,10,12H,7-8H2,1-4H3,(H,18,22)(H,20,21)/t10-,12+/m1/s1. The van der Waals surface area contributed by atoms with Gasteiger partial charge in [-0.15, -0.1) is 0 Å². The van der Waals surface area contributed by atoms with E-state index in [9.17, 15) is 4.79 Å². The molecule has 1 aliphatic rings. The highest BCUT2D eigenvalue weighted by Gasteiger charge is 2.29. The molecule has 0 aliphatic carbocycles. The molecule has 3 heterocycles. The second-order valence-corrected chi connectivity index (χ2v) is 6.15. The van der Waals surface area contributed by atoms with Crippen molar-refractivity contribution in [1.82, 2.24) is 20.5 Å². The summed E-state index contributed by atoms with van der Waals surface area (Å²) in [6.07, 6.45) is 0.716. The van der Waals surface area contributed by atoms with Gasteiger partial charge >= 0.3 is 0 Å². The first kappa shape index (κ1) is 15.7. The summed E-state index contributed by atoms with van der Waals surface area (Å²) in [4.78, 5) is 16.9. The van der Waals surface area contributed by atoms with Gasteiger partial charge in [0, 0.05) is 17.7 Å². The van der Waals surface area contributed by atoms with Gasteiger partial charge in [0.25, 0.3) is 5.91 Å². The Labute approximate surface area is 135 Å². The number of aromatic nitrogens is 3. The van der Waals surface area contributed by atoms with Crippen LogP contribution in [-0.2, 0) is 17.7 Å². The Kier molecular flexibility index (Phi) is 4.17. The van der Waals surface area contributed by atoms with Crippen LogP contribution < -0.4 is 5.32 Å². The van der Waals surface area contributed by atoms with E-state index in [0.717, 1.165) is 28.2 Å². The molecule has 6 heteroatoms. The first-order valence-corrected chi connectivity index (χ1v) is 7.89. The quantitative estimate of drug-likeness (QED) is 0.911. The van der Waals surface area contributed by atoms with Gasteiger partial charge in [0.05, 0.1) is 30.1 Å². The number of aryl methyl sites for hydroxylation is 2. The summed E-state index contributed by atoms with van der Waals surface area (Å²) in [5, 5.41) is 10.0. The Bertz CT molecular complexity index is 738. The molecular formula is C17H22N4O2. The zero-order valence-electron chi connectivity index (χ0n) is 13.9. The van der Waals surface area contributed by atoms with Gasteiger partial charge < -0.3 is 10.1 Å². The van der Waals surface area contributed by atoms with Crippen LogP contribution in [0.2, 0.25) is 0 Å². The van der Waals surface area contributed by atoms with E-state index in [1.807, 2.05) is 39.8 Å². The molecule has 0 radical (unpaired) electrons. The summed E-state index contributed by atoms with van der Waals surface area (Å²) in [5.41, 5.74) is 5.29. The van der Waals surface area contributed by atoms with Crippen molar-refractivity contribution in [2.75, 3.05) is 0 Å². The molecule has 6 nitrogen and oxygen atoms in total. The van der Waals surface area contributed by atoms with E-state index >= 15 is 0 Å². The maximum atomic E-state index is 12.5. The van der Waals surface area contributed by atoms with Gasteiger partial charge in [-0.05, 0) is 39.3 Å². The van der Waals surface area contributed by atoms with Crippen molar-refractivity contribution < 1.29 is 9.53 Å². The van der Waals surface area contributed by atoms with Crippen LogP contribution in [0.25, 0.3) is 0 Å². The third-order valence-electron chi connectivity index (χ3n) is 4.29. The van der Waals surface area contributed by atoms with Crippen molar-refractivity contribution in [2.45, 2.75) is 52.9 Å². The molecule has 2 atom stereocenters. The molecule has 0 fully saturated rings. The molecule has 3 rings (SSSR count). The highest BCUT2D eigenvalue weighted by molar-refractivity contribution is 5.94. The van der Waals surface area contributed by atoms with Crippen molar-refractivity contribution in [3.05, 3.63) is 46.0 Å². The Hall–Kier alpha value is -2.21. The van der Waals surface area contributed by atoms with Gasteiger partial charge in [0.2, 0.25) is 0 Å². The van der Waals surface area contributed by atoms with E-state index in [-0.39, 0.29) is 18.1 Å². The summed E-state index contributed by atoms with van der Waals surface area (Å²) in [6, 6.07) is 3.95. The lowest BCUT2D eigenvalue weighted by Crippen LogP contribution is -2.27. The van der Waals surface area contributed by atoms with E-state index in [4.69, 9.17) is 4.74 Å². The van der Waals surface area contributed by atoms with Crippen LogP contribution in [0.1, 0.15) is 58.6 Å². The molecule has 0 bridgehead atoms. The average Bonchev–Trinajstić information content (AvgIpc) is 2.92. The number of amides is 1. The smallest absolute Gasteiger partial charge is 0.272 e. The van der Waals surface area contributed by atoms with Gasteiger partial charge in [-0.1, -0.05) is 6.07 Å². The number of carbonyl (C=O) groups excluding carboxylic acids is 1. The number of rotatable bonds is 3. The molecule has 0 saturated heterocycles. The van der Waals surface area contributed by atoms with E-state index in [1.165, 1.54) is 0 Å². The number of nitrogens with one attached hydrogen (secondary N) is 2. The average molecular weight is 314 g/mol. The topological polar surface area (TPSA) is 79.9 Å². The minimum Gasteiger partial charge on any atom is -0.369 e. The van der Waals surface area contributed by atoms with E-state index in [1.54, 1.807) is 0 Å². The zero-order chi connectivity index (χ0) is 16.6. The van der Waals surface area contributed by atoms with Crippen LogP contribution in [0.15, 0.2) is 12.1 Å². The minimum absolute atomic E-state index is 0.0655. The summed E-state index contributed by atoms with van der Waals surface area (Å²) in [5.74, 6) is -0.177. The summed E-state index contributed by atoms with van der Waals surface area (Å²) in [6.45, 7) is 8.35. The third-order valence-corrected chi connectivity index (χ3v) is 4.29. The van der Waals surface area contributed by atoms with Crippen LogP contribution >= 0.6 is 0 Å². The van der Waals surface area contributed by atoms with E-state index < -0.39 is 0 Å². The minimum atomic E-state index is -0.177. The third kappa shape index (κ3) is 3.12. The second-order valence-electron chi connectivity index (χ2n) is 6.15. The van der Waals surface area contributed by atoms with Crippen LogP contribution in [0.4, 0.5) is 0 Å². The molecule has 2 N–H and O–H groups in total. The van der Waals surface area contributed by atoms with Crippen molar-refractivity contribution in [3.8, 4) is 0 Å². The number of pyridine rings is 1. The van der Waals surface area contributed by atoms with Crippen molar-refractivity contribution in [3.63, 3.8) is 0 Å². The Morgan fingerprint density at radius 3 is 2.91 bits per heavy atom. The van der Waals surface area contributed by atoms with Gasteiger partial charge in [-0.25, -0.2) is 0 Å². The lowest BCUT2D eigenvalue weighted by Gasteiger charge is -2.25. The maximum absolute atomic E-state index is 12.5. The van der Waals surface area contributed by atoms with Crippen molar-refractivity contribution >= 4 is 5.91 Å². The molecule has 0 aromatic carbocycles. The zero-order valence-corrected chi connectivity index (χ0v) is 13.9. The number of aromatic amines is 1. The monoisotopic (exact) mass is 314 g/mol. The number of carbonyl (C=O) groups is 1. The highest BCUT2D eigenvalue weighted by atomic mass is 16.5. The molecule has 2 aromatic heterocycles. The fourth-order valence-electron chi connectivity index (χ4n) is 2.90. The van der Waals surface area contributed by atoms with Crippen LogP contribution in [0.5, 0.6) is 0 Å². The fourth-order valence-corrected chi connectivity index (χ4v) is 2.90. The lowest BCUT2D eigenvalue weighted by molar-refractivity contribution is -0.00697. The first-order valence-electron chi connectivity index (χ1n) is 7.89. The number of hydrogen-bond acceptors (Lipinski definition) is 4. The highest BCUT2D eigenvalue weighted by Crippen LogP contribution is 2.30. The molecule has 0 spiro atoms. The van der Waals surface area contributed by atoms with Gasteiger partial charge in [0.1, 0.15) is 0 Å². The number of hydrogen-bond donors (Lipinski definition) is 2. The largest absolute Gasteiger partial charge is 0.369 e. The molecule has 122 valence electrons. The predicted molar refractivity (Wildman–Crippen MR) is 86.1 cm³/mol. The van der Waals surface area contributed by atoms with Crippen molar-refractivity contribution in [2.24, 2.45) is 0 Å². The van der Waals surface area contributed by atoms with E-state index in [2.05, 4.69) is 20.5 Å². The molecule has 0 saturated carbocycles. The lowest BCUT2D eigenvalue weighted by atomic mass is 9.99. The van der Waals surface area contributed by atoms with Crippen LogP contribution in [-0.4, -0.2) is 27.2 Å². The number of ether oxygens (including phenoxy) is 1. The molecule has 23 heavy (non-hydrogen) atoms. The Morgan fingerprint density at radius 2 is 2.17 bits per heavy atom. The normalized spacial score (nSPS) is 20.2.